The number of hydrogen-bond acceptors (Lipinski definition) is 5. The number of anilines is 1. The first-order valence-electron chi connectivity index (χ1n) is 9.04. The Bertz CT molecular complexity index is 1020. The van der Waals surface area contributed by atoms with Crippen molar-refractivity contribution in [1.82, 2.24) is 14.8 Å². The van der Waals surface area contributed by atoms with Crippen molar-refractivity contribution in [3.8, 4) is 0 Å². The lowest BCUT2D eigenvalue weighted by molar-refractivity contribution is 0.331. The molecule has 0 amide bonds. The Kier molecular flexibility index (Phi) is 3.93. The molecule has 5 nitrogen and oxygen atoms in total. The molecule has 5 rings (SSSR count). The fraction of sp³-hybridized carbons (Fsp3) is 0.350. The Morgan fingerprint density at radius 3 is 3.00 bits per heavy atom. The fourth-order valence-corrected chi connectivity index (χ4v) is 4.79. The first-order chi connectivity index (χ1) is 12.8. The smallest absolute Gasteiger partial charge is 0.267 e. The number of thioether (sulfide) groups is 1. The SMILES string of the molecule is O=c1cc2c(nn1CC1CN(c3nccc4ccccc34)C1)CCSC2. The maximum Gasteiger partial charge on any atom is 0.267 e. The molecular weight excluding hydrogens is 344 g/mol. The van der Waals surface area contributed by atoms with Crippen LogP contribution in [0.4, 0.5) is 5.82 Å². The van der Waals surface area contributed by atoms with Crippen LogP contribution in [0.25, 0.3) is 10.8 Å². The Balaban J connectivity index is 1.32. The van der Waals surface area contributed by atoms with Gasteiger partial charge in [-0.3, -0.25) is 4.79 Å². The lowest BCUT2D eigenvalue weighted by Gasteiger charge is -2.40. The molecule has 1 aromatic carbocycles. The van der Waals surface area contributed by atoms with Gasteiger partial charge in [-0.05, 0) is 22.8 Å². The zero-order chi connectivity index (χ0) is 17.5. The van der Waals surface area contributed by atoms with Gasteiger partial charge in [0.25, 0.3) is 5.56 Å². The summed E-state index contributed by atoms with van der Waals surface area (Å²) in [5.74, 6) is 3.50. The first kappa shape index (κ1) is 15.9. The average molecular weight is 364 g/mol. The van der Waals surface area contributed by atoms with E-state index in [9.17, 15) is 4.79 Å². The van der Waals surface area contributed by atoms with Crippen LogP contribution in [-0.4, -0.2) is 33.6 Å². The van der Waals surface area contributed by atoms with E-state index in [0.29, 0.717) is 12.5 Å². The van der Waals surface area contributed by atoms with Gasteiger partial charge in [-0.2, -0.15) is 16.9 Å². The number of nitrogens with zero attached hydrogens (tertiary/aromatic N) is 4. The molecule has 2 aliphatic heterocycles. The molecule has 3 aromatic rings. The van der Waals surface area contributed by atoms with Gasteiger partial charge in [0.15, 0.2) is 0 Å². The van der Waals surface area contributed by atoms with Crippen LogP contribution in [-0.2, 0) is 18.7 Å². The van der Waals surface area contributed by atoms with Crippen LogP contribution >= 0.6 is 11.8 Å². The molecule has 2 aromatic heterocycles. The molecule has 0 saturated carbocycles. The minimum absolute atomic E-state index is 0.0352. The number of aromatic nitrogens is 3. The highest BCUT2D eigenvalue weighted by Gasteiger charge is 2.30. The third-order valence-corrected chi connectivity index (χ3v) is 6.25. The van der Waals surface area contributed by atoms with Crippen molar-refractivity contribution in [2.75, 3.05) is 23.7 Å². The number of benzene rings is 1. The highest BCUT2D eigenvalue weighted by Crippen LogP contribution is 2.30. The van der Waals surface area contributed by atoms with E-state index in [4.69, 9.17) is 0 Å². The van der Waals surface area contributed by atoms with Gasteiger partial charge in [0.05, 0.1) is 12.2 Å². The number of fused-ring (bicyclic) bond motifs is 2. The quantitative estimate of drug-likeness (QED) is 0.715. The second-order valence-corrected chi connectivity index (χ2v) is 8.17. The molecule has 0 bridgehead atoms. The van der Waals surface area contributed by atoms with E-state index in [1.165, 1.54) is 10.8 Å². The lowest BCUT2D eigenvalue weighted by Crippen LogP contribution is -2.50. The molecule has 0 N–H and O–H groups in total. The zero-order valence-corrected chi connectivity index (χ0v) is 15.3. The van der Waals surface area contributed by atoms with Gasteiger partial charge in [0, 0.05) is 48.8 Å². The third kappa shape index (κ3) is 2.78. The van der Waals surface area contributed by atoms with E-state index in [2.05, 4.69) is 39.2 Å². The van der Waals surface area contributed by atoms with Crippen molar-refractivity contribution in [1.29, 1.82) is 0 Å². The highest BCUT2D eigenvalue weighted by atomic mass is 32.2. The monoisotopic (exact) mass is 364 g/mol. The van der Waals surface area contributed by atoms with E-state index in [0.717, 1.165) is 48.1 Å². The molecule has 0 radical (unpaired) electrons. The van der Waals surface area contributed by atoms with Crippen molar-refractivity contribution in [2.45, 2.75) is 18.7 Å². The van der Waals surface area contributed by atoms with Crippen molar-refractivity contribution in [2.24, 2.45) is 5.92 Å². The van der Waals surface area contributed by atoms with Gasteiger partial charge >= 0.3 is 0 Å². The van der Waals surface area contributed by atoms with Crippen molar-refractivity contribution in [3.63, 3.8) is 0 Å². The van der Waals surface area contributed by atoms with E-state index in [-0.39, 0.29) is 5.56 Å². The molecule has 132 valence electrons. The second kappa shape index (κ2) is 6.43. The number of rotatable bonds is 3. The number of hydrogen-bond donors (Lipinski definition) is 0. The molecule has 0 aliphatic carbocycles. The molecule has 26 heavy (non-hydrogen) atoms. The third-order valence-electron chi connectivity index (χ3n) is 5.25. The van der Waals surface area contributed by atoms with E-state index < -0.39 is 0 Å². The molecule has 0 spiro atoms. The molecule has 6 heteroatoms. The minimum atomic E-state index is 0.0352. The Labute approximate surface area is 156 Å². The number of pyridine rings is 1. The Hall–Kier alpha value is -2.34. The van der Waals surface area contributed by atoms with Gasteiger partial charge < -0.3 is 4.90 Å². The van der Waals surface area contributed by atoms with Crippen LogP contribution in [0.3, 0.4) is 0 Å². The maximum absolute atomic E-state index is 12.4. The molecular formula is C20H20N4OS. The molecule has 4 heterocycles. The zero-order valence-electron chi connectivity index (χ0n) is 14.5. The summed E-state index contributed by atoms with van der Waals surface area (Å²) < 4.78 is 1.67. The fourth-order valence-electron chi connectivity index (χ4n) is 3.84. The predicted octanol–water partition coefficient (Wildman–Crippen LogP) is 2.72. The summed E-state index contributed by atoms with van der Waals surface area (Å²) in [5, 5.41) is 7.04. The van der Waals surface area contributed by atoms with Crippen LogP contribution in [0.1, 0.15) is 11.3 Å². The van der Waals surface area contributed by atoms with E-state index in [1.54, 1.807) is 10.7 Å². The first-order valence-corrected chi connectivity index (χ1v) is 10.2. The molecule has 0 atom stereocenters. The number of aryl methyl sites for hydroxylation is 1. The molecule has 1 saturated heterocycles. The van der Waals surface area contributed by atoms with Crippen molar-refractivity contribution in [3.05, 3.63) is 64.2 Å². The normalized spacial score (nSPS) is 17.2. The van der Waals surface area contributed by atoms with Gasteiger partial charge in [-0.25, -0.2) is 9.67 Å². The molecule has 2 aliphatic rings. The van der Waals surface area contributed by atoms with Crippen LogP contribution in [0.15, 0.2) is 47.4 Å². The maximum atomic E-state index is 12.4. The van der Waals surface area contributed by atoms with Crippen LogP contribution in [0.2, 0.25) is 0 Å². The highest BCUT2D eigenvalue weighted by molar-refractivity contribution is 7.98. The van der Waals surface area contributed by atoms with Crippen LogP contribution < -0.4 is 10.5 Å². The minimum Gasteiger partial charge on any atom is -0.355 e. The summed E-state index contributed by atoms with van der Waals surface area (Å²) in [7, 11) is 0. The summed E-state index contributed by atoms with van der Waals surface area (Å²) in [5.41, 5.74) is 2.26. The Morgan fingerprint density at radius 2 is 2.08 bits per heavy atom. The standard InChI is InChI=1S/C20H20N4OS/c25-19-9-16-13-26-8-6-18(16)22-24(19)12-14-10-23(11-14)20-17-4-2-1-3-15(17)5-7-21-20/h1-5,7,9,14H,6,8,10-13H2. The summed E-state index contributed by atoms with van der Waals surface area (Å²) in [6.45, 7) is 2.53. The second-order valence-electron chi connectivity index (χ2n) is 7.07. The summed E-state index contributed by atoms with van der Waals surface area (Å²) in [4.78, 5) is 19.2. The molecule has 0 unspecified atom stereocenters. The van der Waals surface area contributed by atoms with Gasteiger partial charge in [0.2, 0.25) is 0 Å². The van der Waals surface area contributed by atoms with Gasteiger partial charge in [-0.1, -0.05) is 24.3 Å². The van der Waals surface area contributed by atoms with Gasteiger partial charge in [0.1, 0.15) is 5.82 Å². The summed E-state index contributed by atoms with van der Waals surface area (Å²) in [6, 6.07) is 12.2. The lowest BCUT2D eigenvalue weighted by atomic mass is 9.99. The van der Waals surface area contributed by atoms with Crippen molar-refractivity contribution < 1.29 is 0 Å². The van der Waals surface area contributed by atoms with Crippen LogP contribution in [0, 0.1) is 5.92 Å². The van der Waals surface area contributed by atoms with Crippen molar-refractivity contribution >= 4 is 28.4 Å². The summed E-state index contributed by atoms with van der Waals surface area (Å²) in [6.07, 6.45) is 2.84. The molecule has 1 fully saturated rings. The van der Waals surface area contributed by atoms with Crippen LogP contribution in [0.5, 0.6) is 0 Å². The van der Waals surface area contributed by atoms with Gasteiger partial charge in [-0.15, -0.1) is 0 Å². The van der Waals surface area contributed by atoms with E-state index >= 15 is 0 Å². The van der Waals surface area contributed by atoms with E-state index in [1.807, 2.05) is 24.0 Å². The topological polar surface area (TPSA) is 51.0 Å². The largest absolute Gasteiger partial charge is 0.355 e. The Morgan fingerprint density at radius 1 is 1.19 bits per heavy atom. The predicted molar refractivity (Wildman–Crippen MR) is 106 cm³/mol. The average Bonchev–Trinajstić information content (AvgIpc) is 2.64. The summed E-state index contributed by atoms with van der Waals surface area (Å²) >= 11 is 1.88.